The molecule has 0 radical (unpaired) electrons. The third-order valence-corrected chi connectivity index (χ3v) is 5.66. The monoisotopic (exact) mass is 383 g/mol. The first-order valence-corrected chi connectivity index (χ1v) is 10.6. The Bertz CT molecular complexity index is 840. The van der Waals surface area contributed by atoms with Crippen molar-refractivity contribution < 1.29 is 4.74 Å². The Morgan fingerprint density at radius 2 is 1.74 bits per heavy atom. The standard InChI is InChI=1S/C22H29N3OS/c1-4-17-26-18-11-13-19(14-12-18)27-22-23-20-9-7-8-10-21(20)25(22)16-15-24(5-2)6-3/h7-14H,4-6,15-17H2,1-3H3. The first-order valence-electron chi connectivity index (χ1n) is 9.83. The summed E-state index contributed by atoms with van der Waals surface area (Å²) in [7, 11) is 0. The molecule has 144 valence electrons. The second-order valence-corrected chi connectivity index (χ2v) is 7.52. The molecule has 0 spiro atoms. The van der Waals surface area contributed by atoms with Crippen molar-refractivity contribution in [3.63, 3.8) is 0 Å². The minimum atomic E-state index is 0.758. The number of rotatable bonds is 10. The van der Waals surface area contributed by atoms with Crippen molar-refractivity contribution >= 4 is 22.8 Å². The fourth-order valence-electron chi connectivity index (χ4n) is 3.06. The molecule has 1 heterocycles. The van der Waals surface area contributed by atoms with Crippen LogP contribution in [-0.2, 0) is 6.54 Å². The number of aromatic nitrogens is 2. The minimum absolute atomic E-state index is 0.758. The average molecular weight is 384 g/mol. The van der Waals surface area contributed by atoms with Gasteiger partial charge in [-0.15, -0.1) is 0 Å². The highest BCUT2D eigenvalue weighted by molar-refractivity contribution is 7.99. The van der Waals surface area contributed by atoms with Crippen LogP contribution in [0.1, 0.15) is 27.2 Å². The minimum Gasteiger partial charge on any atom is -0.494 e. The Kier molecular flexibility index (Phi) is 7.18. The van der Waals surface area contributed by atoms with Gasteiger partial charge in [-0.25, -0.2) is 4.98 Å². The highest BCUT2D eigenvalue weighted by Gasteiger charge is 2.13. The molecule has 0 atom stereocenters. The summed E-state index contributed by atoms with van der Waals surface area (Å²) in [5, 5.41) is 1.05. The van der Waals surface area contributed by atoms with Crippen LogP contribution in [-0.4, -0.2) is 40.7 Å². The first kappa shape index (κ1) is 19.8. The predicted molar refractivity (Wildman–Crippen MR) is 114 cm³/mol. The fraction of sp³-hybridized carbons (Fsp3) is 0.409. The van der Waals surface area contributed by atoms with Crippen molar-refractivity contribution in [1.82, 2.24) is 14.5 Å². The molecule has 27 heavy (non-hydrogen) atoms. The molecule has 0 aliphatic heterocycles. The zero-order valence-corrected chi connectivity index (χ0v) is 17.3. The zero-order valence-electron chi connectivity index (χ0n) is 16.5. The lowest BCUT2D eigenvalue weighted by Crippen LogP contribution is -2.27. The van der Waals surface area contributed by atoms with E-state index in [2.05, 4.69) is 66.6 Å². The summed E-state index contributed by atoms with van der Waals surface area (Å²) >= 11 is 1.72. The van der Waals surface area contributed by atoms with E-state index in [9.17, 15) is 0 Å². The predicted octanol–water partition coefficient (Wildman–Crippen LogP) is 5.32. The number of nitrogens with zero attached hydrogens (tertiary/aromatic N) is 3. The third-order valence-electron chi connectivity index (χ3n) is 4.66. The summed E-state index contributed by atoms with van der Waals surface area (Å²) in [6.07, 6.45) is 1.02. The number of imidazole rings is 1. The van der Waals surface area contributed by atoms with Crippen LogP contribution in [0.25, 0.3) is 11.0 Å². The van der Waals surface area contributed by atoms with E-state index >= 15 is 0 Å². The number of benzene rings is 2. The summed E-state index contributed by atoms with van der Waals surface area (Å²) in [5.41, 5.74) is 2.26. The molecule has 0 bridgehead atoms. The highest BCUT2D eigenvalue weighted by atomic mass is 32.2. The Hall–Kier alpha value is -1.98. The lowest BCUT2D eigenvalue weighted by Gasteiger charge is -2.19. The van der Waals surface area contributed by atoms with Gasteiger partial charge in [-0.3, -0.25) is 0 Å². The van der Waals surface area contributed by atoms with Gasteiger partial charge in [-0.2, -0.15) is 0 Å². The molecule has 0 saturated carbocycles. The van der Waals surface area contributed by atoms with Crippen molar-refractivity contribution in [2.24, 2.45) is 0 Å². The lowest BCUT2D eigenvalue weighted by atomic mass is 10.3. The number of likely N-dealkylation sites (N-methyl/N-ethyl adjacent to an activating group) is 1. The van der Waals surface area contributed by atoms with Crippen LogP contribution in [0.5, 0.6) is 5.75 Å². The van der Waals surface area contributed by atoms with E-state index in [1.165, 1.54) is 10.4 Å². The summed E-state index contributed by atoms with van der Waals surface area (Å²) in [5.74, 6) is 0.927. The van der Waals surface area contributed by atoms with Gasteiger partial charge in [0, 0.05) is 18.0 Å². The molecule has 0 N–H and O–H groups in total. The maximum absolute atomic E-state index is 5.69. The summed E-state index contributed by atoms with van der Waals surface area (Å²) < 4.78 is 8.03. The summed E-state index contributed by atoms with van der Waals surface area (Å²) in [6.45, 7) is 11.4. The molecule has 3 aromatic rings. The quantitative estimate of drug-likeness (QED) is 0.474. The van der Waals surface area contributed by atoms with Crippen molar-refractivity contribution in [2.75, 3.05) is 26.2 Å². The van der Waals surface area contributed by atoms with Gasteiger partial charge in [0.1, 0.15) is 5.75 Å². The van der Waals surface area contributed by atoms with E-state index < -0.39 is 0 Å². The molecule has 0 aliphatic carbocycles. The van der Waals surface area contributed by atoms with Crippen LogP contribution in [0.3, 0.4) is 0 Å². The van der Waals surface area contributed by atoms with Gasteiger partial charge >= 0.3 is 0 Å². The fourth-order valence-corrected chi connectivity index (χ4v) is 3.98. The molecule has 1 aromatic heterocycles. The largest absolute Gasteiger partial charge is 0.494 e. The number of hydrogen-bond acceptors (Lipinski definition) is 4. The second kappa shape index (κ2) is 9.81. The van der Waals surface area contributed by atoms with Crippen LogP contribution >= 0.6 is 11.8 Å². The van der Waals surface area contributed by atoms with Gasteiger partial charge in [-0.1, -0.05) is 44.7 Å². The van der Waals surface area contributed by atoms with Gasteiger partial charge in [0.15, 0.2) is 5.16 Å². The van der Waals surface area contributed by atoms with E-state index in [-0.39, 0.29) is 0 Å². The molecule has 0 amide bonds. The number of hydrogen-bond donors (Lipinski definition) is 0. The number of para-hydroxylation sites is 2. The van der Waals surface area contributed by atoms with Gasteiger partial charge in [0.25, 0.3) is 0 Å². The Labute approximate surface area is 166 Å². The maximum Gasteiger partial charge on any atom is 0.173 e. The lowest BCUT2D eigenvalue weighted by molar-refractivity contribution is 0.288. The van der Waals surface area contributed by atoms with E-state index in [1.807, 2.05) is 12.1 Å². The van der Waals surface area contributed by atoms with Crippen LogP contribution in [0.15, 0.2) is 58.6 Å². The first-order chi connectivity index (χ1) is 13.2. The van der Waals surface area contributed by atoms with E-state index in [0.717, 1.165) is 55.6 Å². The Morgan fingerprint density at radius 1 is 1.00 bits per heavy atom. The molecule has 0 aliphatic rings. The average Bonchev–Trinajstić information content (AvgIpc) is 3.05. The molecule has 5 heteroatoms. The molecular weight excluding hydrogens is 354 g/mol. The van der Waals surface area contributed by atoms with Crippen molar-refractivity contribution in [1.29, 1.82) is 0 Å². The van der Waals surface area contributed by atoms with Crippen LogP contribution in [0, 0.1) is 0 Å². The van der Waals surface area contributed by atoms with Crippen LogP contribution in [0.4, 0.5) is 0 Å². The van der Waals surface area contributed by atoms with Crippen molar-refractivity contribution in [3.8, 4) is 5.75 Å². The molecular formula is C22H29N3OS. The van der Waals surface area contributed by atoms with Crippen molar-refractivity contribution in [3.05, 3.63) is 48.5 Å². The van der Waals surface area contributed by atoms with Gasteiger partial charge in [-0.05, 0) is 55.9 Å². The third kappa shape index (κ3) is 5.05. The zero-order chi connectivity index (χ0) is 19.1. The van der Waals surface area contributed by atoms with Gasteiger partial charge in [0.05, 0.1) is 17.6 Å². The Morgan fingerprint density at radius 3 is 2.44 bits per heavy atom. The van der Waals surface area contributed by atoms with Gasteiger partial charge in [0.2, 0.25) is 0 Å². The van der Waals surface area contributed by atoms with Crippen LogP contribution in [0.2, 0.25) is 0 Å². The number of fused-ring (bicyclic) bond motifs is 1. The maximum atomic E-state index is 5.69. The van der Waals surface area contributed by atoms with Crippen molar-refractivity contribution in [2.45, 2.75) is 43.8 Å². The smallest absolute Gasteiger partial charge is 0.173 e. The summed E-state index contributed by atoms with van der Waals surface area (Å²) in [4.78, 5) is 8.51. The molecule has 0 unspecified atom stereocenters. The van der Waals surface area contributed by atoms with E-state index in [0.29, 0.717) is 0 Å². The molecule has 2 aromatic carbocycles. The second-order valence-electron chi connectivity index (χ2n) is 6.48. The molecule has 4 nitrogen and oxygen atoms in total. The molecule has 0 fully saturated rings. The SMILES string of the molecule is CCCOc1ccc(Sc2nc3ccccc3n2CCN(CC)CC)cc1. The Balaban J connectivity index is 1.81. The molecule has 3 rings (SSSR count). The summed E-state index contributed by atoms with van der Waals surface area (Å²) in [6, 6.07) is 16.7. The normalized spacial score (nSPS) is 11.4. The van der Waals surface area contributed by atoms with Gasteiger partial charge < -0.3 is 14.2 Å². The molecule has 0 saturated heterocycles. The van der Waals surface area contributed by atoms with E-state index in [1.54, 1.807) is 11.8 Å². The number of ether oxygens (including phenoxy) is 1. The van der Waals surface area contributed by atoms with E-state index in [4.69, 9.17) is 9.72 Å². The van der Waals surface area contributed by atoms with Crippen LogP contribution < -0.4 is 4.74 Å². The topological polar surface area (TPSA) is 30.3 Å². The highest BCUT2D eigenvalue weighted by Crippen LogP contribution is 2.31.